The van der Waals surface area contributed by atoms with Gasteiger partial charge in [0, 0.05) is 31.9 Å². The van der Waals surface area contributed by atoms with Crippen LogP contribution in [0.4, 0.5) is 15.8 Å². The Morgan fingerprint density at radius 1 is 1.03 bits per heavy atom. The van der Waals surface area contributed by atoms with Gasteiger partial charge in [0.05, 0.1) is 19.1 Å². The van der Waals surface area contributed by atoms with Crippen LogP contribution in [0.5, 0.6) is 5.75 Å². The first kappa shape index (κ1) is 21.9. The van der Waals surface area contributed by atoms with E-state index in [1.807, 2.05) is 24.3 Å². The Morgan fingerprint density at radius 3 is 2.10 bits per heavy atom. The van der Waals surface area contributed by atoms with Crippen LogP contribution < -0.4 is 13.9 Å². The van der Waals surface area contributed by atoms with Gasteiger partial charge in [0.2, 0.25) is 15.9 Å². The van der Waals surface area contributed by atoms with Crippen LogP contribution in [0.3, 0.4) is 0 Å². The number of methoxy groups -OCH3 is 1. The average molecular weight is 436 g/mol. The molecule has 0 spiro atoms. The number of carbonyl (C=O) groups is 1. The van der Waals surface area contributed by atoms with Crippen LogP contribution in [-0.4, -0.2) is 64.8 Å². The number of hydrogen-bond acceptors (Lipinski definition) is 5. The van der Waals surface area contributed by atoms with Crippen molar-refractivity contribution in [2.24, 2.45) is 0 Å². The van der Waals surface area contributed by atoms with Crippen LogP contribution in [0.15, 0.2) is 48.5 Å². The molecule has 1 aliphatic rings. The number of amides is 1. The summed E-state index contributed by atoms with van der Waals surface area (Å²) in [6.07, 6.45) is 1.04. The molecule has 0 aliphatic carbocycles. The van der Waals surface area contributed by atoms with Crippen LogP contribution >= 0.6 is 0 Å². The molecule has 0 N–H and O–H groups in total. The lowest BCUT2D eigenvalue weighted by Gasteiger charge is -2.39. The lowest BCUT2D eigenvalue weighted by atomic mass is 10.2. The first-order valence-electron chi connectivity index (χ1n) is 9.63. The van der Waals surface area contributed by atoms with E-state index in [0.29, 0.717) is 26.2 Å². The van der Waals surface area contributed by atoms with E-state index < -0.39 is 21.9 Å². The Labute approximate surface area is 176 Å². The molecule has 2 aromatic rings. The molecule has 30 heavy (non-hydrogen) atoms. The molecule has 1 aliphatic heterocycles. The zero-order valence-corrected chi connectivity index (χ0v) is 18.1. The summed E-state index contributed by atoms with van der Waals surface area (Å²) in [7, 11) is -2.12. The summed E-state index contributed by atoms with van der Waals surface area (Å²) in [6.45, 7) is 3.80. The number of rotatable bonds is 6. The fourth-order valence-electron chi connectivity index (χ4n) is 3.63. The van der Waals surface area contributed by atoms with E-state index in [1.54, 1.807) is 18.9 Å². The number of carbonyl (C=O) groups excluding carboxylic acids is 1. The molecule has 162 valence electrons. The lowest BCUT2D eigenvalue weighted by molar-refractivity contribution is -0.132. The van der Waals surface area contributed by atoms with Crippen molar-refractivity contribution < 1.29 is 22.3 Å². The average Bonchev–Trinajstić information content (AvgIpc) is 2.74. The first-order valence-corrected chi connectivity index (χ1v) is 11.5. The molecule has 0 radical (unpaired) electrons. The summed E-state index contributed by atoms with van der Waals surface area (Å²) in [5, 5.41) is 0. The molecule has 0 aromatic heterocycles. The highest BCUT2D eigenvalue weighted by Gasteiger charge is 2.33. The van der Waals surface area contributed by atoms with Crippen molar-refractivity contribution in [3.8, 4) is 5.75 Å². The maximum absolute atomic E-state index is 13.3. The van der Waals surface area contributed by atoms with E-state index >= 15 is 0 Å². The molecule has 9 heteroatoms. The molecule has 1 fully saturated rings. The number of halogens is 1. The highest BCUT2D eigenvalue weighted by molar-refractivity contribution is 7.92. The quantitative estimate of drug-likeness (QED) is 0.697. The second-order valence-corrected chi connectivity index (χ2v) is 9.08. The lowest BCUT2D eigenvalue weighted by Crippen LogP contribution is -2.55. The number of benzene rings is 2. The smallest absolute Gasteiger partial charge is 0.246 e. The van der Waals surface area contributed by atoms with Gasteiger partial charge < -0.3 is 14.5 Å². The van der Waals surface area contributed by atoms with E-state index in [-0.39, 0.29) is 11.6 Å². The van der Waals surface area contributed by atoms with Crippen LogP contribution in [0, 0.1) is 5.82 Å². The summed E-state index contributed by atoms with van der Waals surface area (Å²) in [6, 6.07) is 11.9. The standard InChI is InChI=1S/C21H26FN3O4S/c1-16(25(30(3,27)28)19-6-4-17(22)5-7-19)21(26)24-14-12-23(13-15-24)18-8-10-20(29-2)11-9-18/h4-11,16H,12-15H2,1-3H3/t16-/m0/s1. The minimum Gasteiger partial charge on any atom is -0.497 e. The maximum Gasteiger partial charge on any atom is 0.246 e. The number of sulfonamides is 1. The molecule has 1 heterocycles. The monoisotopic (exact) mass is 435 g/mol. The van der Waals surface area contributed by atoms with Crippen molar-refractivity contribution in [1.29, 1.82) is 0 Å². The summed E-state index contributed by atoms with van der Waals surface area (Å²) < 4.78 is 44.2. The summed E-state index contributed by atoms with van der Waals surface area (Å²) in [5.41, 5.74) is 1.30. The van der Waals surface area contributed by atoms with Crippen molar-refractivity contribution in [2.75, 3.05) is 48.7 Å². The SMILES string of the molecule is COc1ccc(N2CCN(C(=O)[C@H](C)N(c3ccc(F)cc3)S(C)(=O)=O)CC2)cc1. The number of hydrogen-bond donors (Lipinski definition) is 0. The minimum atomic E-state index is -3.73. The van der Waals surface area contributed by atoms with Crippen molar-refractivity contribution in [2.45, 2.75) is 13.0 Å². The minimum absolute atomic E-state index is 0.261. The second kappa shape index (κ2) is 8.91. The van der Waals surface area contributed by atoms with Crippen LogP contribution in [-0.2, 0) is 14.8 Å². The molecule has 0 unspecified atom stereocenters. The number of ether oxygens (including phenoxy) is 1. The van der Waals surface area contributed by atoms with Crippen LogP contribution in [0.25, 0.3) is 0 Å². The third-order valence-corrected chi connectivity index (χ3v) is 6.42. The zero-order chi connectivity index (χ0) is 21.9. The van der Waals surface area contributed by atoms with Gasteiger partial charge in [0.15, 0.2) is 0 Å². The summed E-state index contributed by atoms with van der Waals surface area (Å²) >= 11 is 0. The van der Waals surface area contributed by atoms with Crippen molar-refractivity contribution in [1.82, 2.24) is 4.90 Å². The van der Waals surface area contributed by atoms with Gasteiger partial charge in [0.1, 0.15) is 17.6 Å². The third kappa shape index (κ3) is 4.84. The molecule has 1 atom stereocenters. The molecule has 2 aromatic carbocycles. The Balaban J connectivity index is 1.70. The Morgan fingerprint density at radius 2 is 1.60 bits per heavy atom. The van der Waals surface area contributed by atoms with Gasteiger partial charge in [0.25, 0.3) is 0 Å². The molecule has 7 nitrogen and oxygen atoms in total. The predicted octanol–water partition coefficient (Wildman–Crippen LogP) is 2.34. The van der Waals surface area contributed by atoms with Gasteiger partial charge in [-0.1, -0.05) is 0 Å². The third-order valence-electron chi connectivity index (χ3n) is 5.18. The Kier molecular flexibility index (Phi) is 6.50. The number of anilines is 2. The van der Waals surface area contributed by atoms with E-state index in [4.69, 9.17) is 4.74 Å². The topological polar surface area (TPSA) is 70.2 Å². The molecule has 0 bridgehead atoms. The second-order valence-electron chi connectivity index (χ2n) is 7.22. The van der Waals surface area contributed by atoms with Crippen molar-refractivity contribution >= 4 is 27.3 Å². The maximum atomic E-state index is 13.3. The molecule has 1 saturated heterocycles. The molecule has 3 rings (SSSR count). The predicted molar refractivity (Wildman–Crippen MR) is 115 cm³/mol. The largest absolute Gasteiger partial charge is 0.497 e. The highest BCUT2D eigenvalue weighted by Crippen LogP contribution is 2.24. The van der Waals surface area contributed by atoms with Crippen LogP contribution in [0.2, 0.25) is 0 Å². The van der Waals surface area contributed by atoms with E-state index in [0.717, 1.165) is 22.0 Å². The molecule has 1 amide bonds. The van der Waals surface area contributed by atoms with E-state index in [1.165, 1.54) is 24.3 Å². The van der Waals surface area contributed by atoms with Gasteiger partial charge in [-0.25, -0.2) is 12.8 Å². The Bertz CT molecular complexity index is 972. The van der Waals surface area contributed by atoms with Crippen molar-refractivity contribution in [3.63, 3.8) is 0 Å². The van der Waals surface area contributed by atoms with E-state index in [2.05, 4.69) is 4.90 Å². The van der Waals surface area contributed by atoms with Gasteiger partial charge in [-0.05, 0) is 55.5 Å². The van der Waals surface area contributed by atoms with E-state index in [9.17, 15) is 17.6 Å². The van der Waals surface area contributed by atoms with Crippen molar-refractivity contribution in [3.05, 3.63) is 54.3 Å². The van der Waals surface area contributed by atoms with Gasteiger partial charge in [-0.15, -0.1) is 0 Å². The number of piperazine rings is 1. The van der Waals surface area contributed by atoms with Gasteiger partial charge in [-0.3, -0.25) is 9.10 Å². The molecular formula is C21H26FN3O4S. The highest BCUT2D eigenvalue weighted by atomic mass is 32.2. The Hall–Kier alpha value is -2.81. The fraction of sp³-hybridized carbons (Fsp3) is 0.381. The number of nitrogens with zero attached hydrogens (tertiary/aromatic N) is 3. The summed E-state index contributed by atoms with van der Waals surface area (Å²) in [4.78, 5) is 16.9. The molecular weight excluding hydrogens is 409 g/mol. The first-order chi connectivity index (χ1) is 14.2. The molecule has 0 saturated carbocycles. The summed E-state index contributed by atoms with van der Waals surface area (Å²) in [5.74, 6) is 0.0306. The zero-order valence-electron chi connectivity index (χ0n) is 17.3. The normalized spacial score (nSPS) is 15.6. The van der Waals surface area contributed by atoms with Gasteiger partial charge in [-0.2, -0.15) is 0 Å². The fourth-order valence-corrected chi connectivity index (χ4v) is 4.80. The van der Waals surface area contributed by atoms with Gasteiger partial charge >= 0.3 is 0 Å². The van der Waals surface area contributed by atoms with Crippen LogP contribution in [0.1, 0.15) is 6.92 Å².